The number of ether oxygens (including phenoxy) is 3. The van der Waals surface area contributed by atoms with Gasteiger partial charge in [-0.15, -0.1) is 0 Å². The number of allylic oxidation sites excluding steroid dienone is 10. The van der Waals surface area contributed by atoms with E-state index in [0.29, 0.717) is 25.7 Å². The monoisotopic (exact) mass is 839 g/mol. The average Bonchev–Trinajstić information content (AvgIpc) is 3.24. The Kier molecular flexibility index (Phi) is 46.4. The van der Waals surface area contributed by atoms with E-state index < -0.39 is 6.10 Å². The Balaban J connectivity index is 4.36. The summed E-state index contributed by atoms with van der Waals surface area (Å²) in [4.78, 5) is 37.8. The van der Waals surface area contributed by atoms with E-state index >= 15 is 0 Å². The minimum atomic E-state index is -0.791. The van der Waals surface area contributed by atoms with Gasteiger partial charge in [0.15, 0.2) is 6.10 Å². The van der Waals surface area contributed by atoms with E-state index in [1.165, 1.54) is 116 Å². The summed E-state index contributed by atoms with van der Waals surface area (Å²) in [6.45, 7) is 6.45. The zero-order valence-corrected chi connectivity index (χ0v) is 39.5. The highest BCUT2D eigenvalue weighted by molar-refractivity contribution is 5.71. The molecule has 1 unspecified atom stereocenters. The van der Waals surface area contributed by atoms with E-state index in [-0.39, 0.29) is 31.1 Å². The van der Waals surface area contributed by atoms with Gasteiger partial charge in [-0.05, 0) is 96.3 Å². The van der Waals surface area contributed by atoms with Crippen LogP contribution in [0.3, 0.4) is 0 Å². The van der Waals surface area contributed by atoms with Crippen molar-refractivity contribution in [1.82, 2.24) is 0 Å². The normalized spacial score (nSPS) is 12.5. The second-order valence-corrected chi connectivity index (χ2v) is 16.7. The molecule has 0 aliphatic heterocycles. The molecule has 0 aromatic heterocycles. The minimum absolute atomic E-state index is 0.0902. The molecule has 1 atom stereocenters. The van der Waals surface area contributed by atoms with Gasteiger partial charge in [0.2, 0.25) is 0 Å². The maximum absolute atomic E-state index is 12.8. The van der Waals surface area contributed by atoms with Crippen LogP contribution in [0.5, 0.6) is 0 Å². The number of carbonyl (C=O) groups is 3. The summed E-state index contributed by atoms with van der Waals surface area (Å²) in [5, 5.41) is 0. The van der Waals surface area contributed by atoms with E-state index in [1.54, 1.807) is 0 Å². The van der Waals surface area contributed by atoms with Crippen LogP contribution in [0.1, 0.15) is 245 Å². The van der Waals surface area contributed by atoms with Crippen LogP contribution in [0, 0.1) is 0 Å². The van der Waals surface area contributed by atoms with Crippen molar-refractivity contribution in [3.63, 3.8) is 0 Å². The molecule has 60 heavy (non-hydrogen) atoms. The fourth-order valence-electron chi connectivity index (χ4n) is 6.92. The molecule has 6 nitrogen and oxygen atoms in total. The van der Waals surface area contributed by atoms with Crippen molar-refractivity contribution in [2.45, 2.75) is 252 Å². The lowest BCUT2D eigenvalue weighted by Gasteiger charge is -2.18. The molecule has 0 N–H and O–H groups in total. The van der Waals surface area contributed by atoms with Crippen LogP contribution in [-0.4, -0.2) is 37.2 Å². The molecule has 6 heteroatoms. The number of rotatable bonds is 45. The number of carbonyl (C=O) groups excluding carboxylic acids is 3. The quantitative estimate of drug-likeness (QED) is 0.0263. The van der Waals surface area contributed by atoms with Crippen LogP contribution in [0.2, 0.25) is 0 Å². The summed E-state index contributed by atoms with van der Waals surface area (Å²) >= 11 is 0. The predicted octanol–water partition coefficient (Wildman–Crippen LogP) is 16.5. The molecule has 0 amide bonds. The average molecular weight is 839 g/mol. The van der Waals surface area contributed by atoms with Crippen molar-refractivity contribution in [3.8, 4) is 0 Å². The van der Waals surface area contributed by atoms with Gasteiger partial charge in [-0.2, -0.15) is 0 Å². The highest BCUT2D eigenvalue weighted by Gasteiger charge is 2.19. The molecule has 0 spiro atoms. The largest absolute Gasteiger partial charge is 0.462 e. The molecule has 0 saturated heterocycles. The van der Waals surface area contributed by atoms with Gasteiger partial charge in [-0.25, -0.2) is 0 Å². The first kappa shape index (κ1) is 57.1. The van der Waals surface area contributed by atoms with Crippen molar-refractivity contribution < 1.29 is 28.6 Å². The second kappa shape index (κ2) is 48.8. The van der Waals surface area contributed by atoms with Crippen molar-refractivity contribution in [2.75, 3.05) is 13.2 Å². The van der Waals surface area contributed by atoms with Crippen molar-refractivity contribution in [1.29, 1.82) is 0 Å². The zero-order chi connectivity index (χ0) is 43.7. The van der Waals surface area contributed by atoms with E-state index in [1.807, 2.05) is 0 Å². The molecule has 0 bridgehead atoms. The summed E-state index contributed by atoms with van der Waals surface area (Å²) in [7, 11) is 0. The molecule has 346 valence electrons. The molecule has 0 saturated carbocycles. The van der Waals surface area contributed by atoms with Gasteiger partial charge in [0.05, 0.1) is 0 Å². The third-order valence-corrected chi connectivity index (χ3v) is 10.7. The van der Waals surface area contributed by atoms with Crippen molar-refractivity contribution in [2.24, 2.45) is 0 Å². The van der Waals surface area contributed by atoms with Crippen LogP contribution >= 0.6 is 0 Å². The number of hydrogen-bond donors (Lipinski definition) is 0. The Labute approximate surface area is 370 Å². The molecule has 0 rings (SSSR count). The molecule has 0 radical (unpaired) electrons. The Morgan fingerprint density at radius 3 is 1.12 bits per heavy atom. The highest BCUT2D eigenvalue weighted by atomic mass is 16.6. The van der Waals surface area contributed by atoms with Crippen LogP contribution < -0.4 is 0 Å². The fraction of sp³-hybridized carbons (Fsp3) is 0.759. The third-order valence-electron chi connectivity index (χ3n) is 10.7. The molecular formula is C54H94O6. The van der Waals surface area contributed by atoms with Gasteiger partial charge in [0.1, 0.15) is 13.2 Å². The van der Waals surface area contributed by atoms with Gasteiger partial charge in [0, 0.05) is 19.3 Å². The lowest BCUT2D eigenvalue weighted by Crippen LogP contribution is -2.30. The van der Waals surface area contributed by atoms with E-state index in [0.717, 1.165) is 83.5 Å². The third kappa shape index (κ3) is 46.2. The molecule has 0 aliphatic carbocycles. The maximum Gasteiger partial charge on any atom is 0.306 e. The van der Waals surface area contributed by atoms with E-state index in [4.69, 9.17) is 14.2 Å². The van der Waals surface area contributed by atoms with Gasteiger partial charge in [0.25, 0.3) is 0 Å². The first-order valence-electron chi connectivity index (χ1n) is 25.3. The predicted molar refractivity (Wildman–Crippen MR) is 256 cm³/mol. The second-order valence-electron chi connectivity index (χ2n) is 16.7. The summed E-state index contributed by atoms with van der Waals surface area (Å²) in [5.74, 6) is -0.943. The van der Waals surface area contributed by atoms with Crippen LogP contribution in [0.15, 0.2) is 60.8 Å². The topological polar surface area (TPSA) is 78.9 Å². The van der Waals surface area contributed by atoms with Gasteiger partial charge in [-0.3, -0.25) is 14.4 Å². The standard InChI is InChI=1S/C54H94O6/c1-4-7-10-13-16-19-21-23-25-27-29-30-32-35-38-41-44-47-53(56)59-50-51(49-58-52(55)46-43-40-37-34-18-15-12-9-6-3)60-54(57)48-45-42-39-36-33-31-28-26-24-22-20-17-14-11-8-5-2/h8,11,17,20,23-26,34,37,51H,4-7,9-10,12-16,18-19,21-22,27-33,35-36,38-50H2,1-3H3/b11-8-,20-17-,25-23-,26-24-,37-34-. The molecule has 0 heterocycles. The number of hydrogen-bond acceptors (Lipinski definition) is 6. The summed E-state index contributed by atoms with van der Waals surface area (Å²) in [6.07, 6.45) is 59.3. The highest BCUT2D eigenvalue weighted by Crippen LogP contribution is 2.14. The summed E-state index contributed by atoms with van der Waals surface area (Å²) < 4.78 is 16.7. The fourth-order valence-corrected chi connectivity index (χ4v) is 6.92. The zero-order valence-electron chi connectivity index (χ0n) is 39.5. The van der Waals surface area contributed by atoms with E-state index in [9.17, 15) is 14.4 Å². The van der Waals surface area contributed by atoms with Gasteiger partial charge >= 0.3 is 17.9 Å². The smallest absolute Gasteiger partial charge is 0.306 e. The van der Waals surface area contributed by atoms with Crippen molar-refractivity contribution >= 4 is 17.9 Å². The number of unbranched alkanes of at least 4 members (excludes halogenated alkanes) is 24. The number of esters is 3. The first-order valence-corrected chi connectivity index (χ1v) is 25.3. The van der Waals surface area contributed by atoms with E-state index in [2.05, 4.69) is 81.5 Å². The summed E-state index contributed by atoms with van der Waals surface area (Å²) in [5.41, 5.74) is 0. The lowest BCUT2D eigenvalue weighted by molar-refractivity contribution is -0.167. The molecule has 0 aliphatic rings. The van der Waals surface area contributed by atoms with Gasteiger partial charge in [-0.1, -0.05) is 191 Å². The first-order chi connectivity index (χ1) is 29.5. The Morgan fingerprint density at radius 2 is 0.667 bits per heavy atom. The SMILES string of the molecule is CC/C=C\C/C=C\C/C=C\CCCCCCCCC(=O)OC(COC(=O)CCC/C=C\CCCCCC)COC(=O)CCCCCCCCC/C=C\CCCCCCCC. The van der Waals surface area contributed by atoms with Crippen molar-refractivity contribution in [3.05, 3.63) is 60.8 Å². The molecule has 0 fully saturated rings. The van der Waals surface area contributed by atoms with Crippen LogP contribution in [-0.2, 0) is 28.6 Å². The molecular weight excluding hydrogens is 745 g/mol. The Morgan fingerprint density at radius 1 is 0.350 bits per heavy atom. The Bertz CT molecular complexity index is 1100. The van der Waals surface area contributed by atoms with Crippen LogP contribution in [0.4, 0.5) is 0 Å². The molecule has 0 aromatic carbocycles. The van der Waals surface area contributed by atoms with Crippen LogP contribution in [0.25, 0.3) is 0 Å². The molecule has 0 aromatic rings. The minimum Gasteiger partial charge on any atom is -0.462 e. The lowest BCUT2D eigenvalue weighted by atomic mass is 10.1. The summed E-state index contributed by atoms with van der Waals surface area (Å²) in [6, 6.07) is 0. The Hall–Kier alpha value is -2.89. The maximum atomic E-state index is 12.8. The van der Waals surface area contributed by atoms with Gasteiger partial charge < -0.3 is 14.2 Å².